The van der Waals surface area contributed by atoms with Crippen LogP contribution in [0.1, 0.15) is 25.8 Å². The highest BCUT2D eigenvalue weighted by molar-refractivity contribution is 5.69. The van der Waals surface area contributed by atoms with Gasteiger partial charge < -0.3 is 15.7 Å². The Labute approximate surface area is 168 Å². The molecule has 3 aromatic heterocycles. The monoisotopic (exact) mass is 390 g/mol. The molecule has 0 bridgehead atoms. The smallest absolute Gasteiger partial charge is 0.173 e. The SMILES string of the molecule is CC(C)(O)C1CCN(c2cncc(-c3cc(N)c(C#N)c(-n4cccn4)n3)n2)C1. The van der Waals surface area contributed by atoms with Crippen molar-refractivity contribution in [2.45, 2.75) is 25.9 Å². The summed E-state index contributed by atoms with van der Waals surface area (Å²) in [6.07, 6.45) is 7.53. The fraction of sp³-hybridized carbons (Fsp3) is 0.350. The van der Waals surface area contributed by atoms with Crippen LogP contribution < -0.4 is 10.6 Å². The highest BCUT2D eigenvalue weighted by Gasteiger charge is 2.34. The van der Waals surface area contributed by atoms with E-state index in [9.17, 15) is 10.4 Å². The third-order valence-corrected chi connectivity index (χ3v) is 5.26. The highest BCUT2D eigenvalue weighted by atomic mass is 16.3. The Kier molecular flexibility index (Phi) is 4.64. The van der Waals surface area contributed by atoms with Crippen LogP contribution in [0.5, 0.6) is 0 Å². The summed E-state index contributed by atoms with van der Waals surface area (Å²) in [7, 11) is 0. The number of hydrogen-bond acceptors (Lipinski definition) is 8. The summed E-state index contributed by atoms with van der Waals surface area (Å²) in [5.74, 6) is 1.24. The van der Waals surface area contributed by atoms with E-state index < -0.39 is 5.60 Å². The van der Waals surface area contributed by atoms with Crippen LogP contribution in [0.15, 0.2) is 36.9 Å². The second-order valence-corrected chi connectivity index (χ2v) is 7.71. The summed E-state index contributed by atoms with van der Waals surface area (Å²) in [6.45, 7) is 5.18. The number of rotatable bonds is 4. The maximum absolute atomic E-state index is 10.3. The molecule has 0 saturated carbocycles. The van der Waals surface area contributed by atoms with Gasteiger partial charge in [0.05, 0.1) is 29.4 Å². The minimum absolute atomic E-state index is 0.169. The number of nitrogens with zero attached hydrogens (tertiary/aromatic N) is 7. The van der Waals surface area contributed by atoms with Gasteiger partial charge >= 0.3 is 0 Å². The van der Waals surface area contributed by atoms with Gasteiger partial charge in [-0.1, -0.05) is 0 Å². The lowest BCUT2D eigenvalue weighted by Gasteiger charge is -2.25. The molecule has 0 spiro atoms. The summed E-state index contributed by atoms with van der Waals surface area (Å²) >= 11 is 0. The molecular weight excluding hydrogens is 368 g/mol. The Morgan fingerprint density at radius 3 is 2.76 bits per heavy atom. The van der Waals surface area contributed by atoms with E-state index in [0.29, 0.717) is 29.4 Å². The summed E-state index contributed by atoms with van der Waals surface area (Å²) in [5, 5.41) is 23.9. The average Bonchev–Trinajstić information content (AvgIpc) is 3.39. The van der Waals surface area contributed by atoms with E-state index in [1.165, 1.54) is 4.68 Å². The summed E-state index contributed by atoms with van der Waals surface area (Å²) in [4.78, 5) is 15.7. The molecule has 4 rings (SSSR count). The zero-order chi connectivity index (χ0) is 20.6. The summed E-state index contributed by atoms with van der Waals surface area (Å²) in [6, 6.07) is 5.47. The van der Waals surface area contributed by atoms with Crippen molar-refractivity contribution in [2.75, 3.05) is 23.7 Å². The molecule has 0 aromatic carbocycles. The molecule has 9 heteroatoms. The summed E-state index contributed by atoms with van der Waals surface area (Å²) in [5.41, 5.74) is 7.01. The van der Waals surface area contributed by atoms with E-state index in [4.69, 9.17) is 10.7 Å². The first-order valence-electron chi connectivity index (χ1n) is 9.37. The maximum Gasteiger partial charge on any atom is 0.173 e. The molecule has 0 amide bonds. The van der Waals surface area contributed by atoms with Crippen LogP contribution >= 0.6 is 0 Å². The average molecular weight is 390 g/mol. The Morgan fingerprint density at radius 1 is 1.28 bits per heavy atom. The normalized spacial score (nSPS) is 16.8. The minimum atomic E-state index is -0.735. The molecule has 148 valence electrons. The molecule has 1 aliphatic heterocycles. The lowest BCUT2D eigenvalue weighted by atomic mass is 9.90. The molecule has 1 fully saturated rings. The minimum Gasteiger partial charge on any atom is -0.397 e. The zero-order valence-electron chi connectivity index (χ0n) is 16.3. The van der Waals surface area contributed by atoms with Crippen molar-refractivity contribution in [1.29, 1.82) is 5.26 Å². The number of nitrogen functional groups attached to an aromatic ring is 1. The predicted octanol–water partition coefficient (Wildman–Crippen LogP) is 1.78. The largest absolute Gasteiger partial charge is 0.397 e. The van der Waals surface area contributed by atoms with Crippen molar-refractivity contribution < 1.29 is 5.11 Å². The molecule has 1 atom stereocenters. The standard InChI is InChI=1S/C20H22N8O/c1-20(2,29)13-4-7-27(12-13)18-11-23-10-17(25-18)16-8-15(22)14(9-21)19(26-16)28-6-3-5-24-28/h3,5-6,8,10-11,13,29H,4,7,12H2,1-2H3,(H2,22,26). The number of nitriles is 1. The van der Waals surface area contributed by atoms with Crippen LogP contribution in [-0.2, 0) is 0 Å². The van der Waals surface area contributed by atoms with E-state index in [0.717, 1.165) is 18.8 Å². The lowest BCUT2D eigenvalue weighted by Crippen LogP contribution is -2.33. The first-order valence-corrected chi connectivity index (χ1v) is 9.37. The number of hydrogen-bond donors (Lipinski definition) is 2. The predicted molar refractivity (Wildman–Crippen MR) is 108 cm³/mol. The van der Waals surface area contributed by atoms with Gasteiger partial charge in [0, 0.05) is 31.4 Å². The van der Waals surface area contributed by atoms with E-state index >= 15 is 0 Å². The molecule has 1 aliphatic rings. The first kappa shape index (κ1) is 18.8. The molecule has 4 heterocycles. The fourth-order valence-electron chi connectivity index (χ4n) is 3.53. The number of aromatic nitrogens is 5. The Balaban J connectivity index is 1.70. The molecule has 3 N–H and O–H groups in total. The maximum atomic E-state index is 10.3. The second-order valence-electron chi connectivity index (χ2n) is 7.71. The van der Waals surface area contributed by atoms with Crippen molar-refractivity contribution in [1.82, 2.24) is 24.7 Å². The van der Waals surface area contributed by atoms with Crippen molar-refractivity contribution in [3.8, 4) is 23.3 Å². The molecule has 29 heavy (non-hydrogen) atoms. The Morgan fingerprint density at radius 2 is 2.10 bits per heavy atom. The lowest BCUT2D eigenvalue weighted by molar-refractivity contribution is 0.0263. The molecular formula is C20H22N8O. The first-order chi connectivity index (χ1) is 13.9. The molecule has 0 aliphatic carbocycles. The quantitative estimate of drug-likeness (QED) is 0.689. The Bertz CT molecular complexity index is 1070. The molecule has 3 aromatic rings. The number of pyridine rings is 1. The topological polar surface area (TPSA) is 130 Å². The Hall–Kier alpha value is -3.51. The van der Waals surface area contributed by atoms with Crippen LogP contribution in [-0.4, -0.2) is 48.5 Å². The van der Waals surface area contributed by atoms with Gasteiger partial charge in [-0.25, -0.2) is 14.6 Å². The van der Waals surface area contributed by atoms with Crippen LogP contribution in [0.4, 0.5) is 11.5 Å². The van der Waals surface area contributed by atoms with Crippen LogP contribution in [0.3, 0.4) is 0 Å². The highest BCUT2D eigenvalue weighted by Crippen LogP contribution is 2.31. The van der Waals surface area contributed by atoms with Gasteiger partial charge in [-0.05, 0) is 32.4 Å². The van der Waals surface area contributed by atoms with Gasteiger partial charge in [-0.3, -0.25) is 4.98 Å². The molecule has 0 radical (unpaired) electrons. The van der Waals surface area contributed by atoms with Gasteiger partial charge in [0.25, 0.3) is 0 Å². The number of anilines is 2. The van der Waals surface area contributed by atoms with Gasteiger partial charge in [0.2, 0.25) is 0 Å². The van der Waals surface area contributed by atoms with Gasteiger partial charge in [0.15, 0.2) is 5.82 Å². The van der Waals surface area contributed by atoms with Crippen molar-refractivity contribution in [3.63, 3.8) is 0 Å². The summed E-state index contributed by atoms with van der Waals surface area (Å²) < 4.78 is 1.50. The third-order valence-electron chi connectivity index (χ3n) is 5.26. The fourth-order valence-corrected chi connectivity index (χ4v) is 3.53. The van der Waals surface area contributed by atoms with E-state index in [-0.39, 0.29) is 11.5 Å². The van der Waals surface area contributed by atoms with Gasteiger partial charge in [0.1, 0.15) is 23.1 Å². The third kappa shape index (κ3) is 3.62. The van der Waals surface area contributed by atoms with E-state index in [1.54, 1.807) is 36.9 Å². The second kappa shape index (κ2) is 7.14. The van der Waals surface area contributed by atoms with Crippen LogP contribution in [0.2, 0.25) is 0 Å². The van der Waals surface area contributed by atoms with Crippen LogP contribution in [0, 0.1) is 17.2 Å². The zero-order valence-corrected chi connectivity index (χ0v) is 16.3. The van der Waals surface area contributed by atoms with E-state index in [2.05, 4.69) is 26.0 Å². The van der Waals surface area contributed by atoms with Gasteiger partial charge in [-0.15, -0.1) is 0 Å². The van der Waals surface area contributed by atoms with Crippen molar-refractivity contribution in [2.24, 2.45) is 5.92 Å². The van der Waals surface area contributed by atoms with Crippen molar-refractivity contribution in [3.05, 3.63) is 42.5 Å². The number of aliphatic hydroxyl groups is 1. The van der Waals surface area contributed by atoms with Gasteiger partial charge in [-0.2, -0.15) is 10.4 Å². The van der Waals surface area contributed by atoms with Crippen molar-refractivity contribution >= 4 is 11.5 Å². The molecule has 1 unspecified atom stereocenters. The molecule has 9 nitrogen and oxygen atoms in total. The number of nitrogens with two attached hydrogens (primary N) is 1. The van der Waals surface area contributed by atoms with E-state index in [1.807, 2.05) is 13.8 Å². The van der Waals surface area contributed by atoms with Crippen LogP contribution in [0.25, 0.3) is 17.2 Å². The molecule has 1 saturated heterocycles.